The molecule has 2 aromatic carbocycles. The molecule has 0 bridgehead atoms. The van der Waals surface area contributed by atoms with Crippen LogP contribution in [0.3, 0.4) is 0 Å². The molecule has 3 aromatic rings. The number of benzene rings is 2. The molecule has 0 unspecified atom stereocenters. The van der Waals surface area contributed by atoms with Crippen molar-refractivity contribution in [3.05, 3.63) is 64.8 Å². The summed E-state index contributed by atoms with van der Waals surface area (Å²) >= 11 is 0. The Labute approximate surface area is 195 Å². The Morgan fingerprint density at radius 2 is 1.82 bits per heavy atom. The maximum absolute atomic E-state index is 13.2. The van der Waals surface area contributed by atoms with Crippen LogP contribution in [0.5, 0.6) is 0 Å². The van der Waals surface area contributed by atoms with Crippen LogP contribution in [-0.4, -0.2) is 49.7 Å². The Bertz CT molecular complexity index is 1300. The van der Waals surface area contributed by atoms with E-state index < -0.39 is 9.84 Å². The van der Waals surface area contributed by atoms with Gasteiger partial charge in [0.05, 0.1) is 4.90 Å². The highest BCUT2D eigenvalue weighted by Gasteiger charge is 2.24. The second-order valence-electron chi connectivity index (χ2n) is 9.56. The third kappa shape index (κ3) is 4.32. The van der Waals surface area contributed by atoms with Gasteiger partial charge in [-0.25, -0.2) is 8.42 Å². The molecule has 2 aliphatic rings. The zero-order chi connectivity index (χ0) is 23.2. The Balaban J connectivity index is 1.50. The molecule has 3 heterocycles. The fourth-order valence-corrected chi connectivity index (χ4v) is 5.74. The average molecular weight is 466 g/mol. The van der Waals surface area contributed by atoms with Crippen LogP contribution in [0.25, 0.3) is 10.9 Å². The monoisotopic (exact) mass is 465 g/mol. The van der Waals surface area contributed by atoms with Crippen LogP contribution < -0.4 is 5.32 Å². The quantitative estimate of drug-likeness (QED) is 0.639. The summed E-state index contributed by atoms with van der Waals surface area (Å²) in [5.74, 6) is 0.820. The summed E-state index contributed by atoms with van der Waals surface area (Å²) in [5.41, 5.74) is 5.52. The first kappa shape index (κ1) is 22.2. The zero-order valence-corrected chi connectivity index (χ0v) is 20.1. The molecule has 0 atom stereocenters. The van der Waals surface area contributed by atoms with E-state index in [4.69, 9.17) is 0 Å². The van der Waals surface area contributed by atoms with Crippen LogP contribution in [0, 0.1) is 5.92 Å². The van der Waals surface area contributed by atoms with Crippen LogP contribution in [0.4, 0.5) is 0 Å². The molecule has 0 saturated carbocycles. The molecule has 0 spiro atoms. The summed E-state index contributed by atoms with van der Waals surface area (Å²) in [6.07, 6.45) is 4.30. The highest BCUT2D eigenvalue weighted by molar-refractivity contribution is 7.90. The summed E-state index contributed by atoms with van der Waals surface area (Å²) in [6.45, 7) is 6.32. The van der Waals surface area contributed by atoms with Gasteiger partial charge in [-0.1, -0.05) is 19.1 Å². The standard InChI is InChI=1S/C26H31N3O3S/c1-18-10-13-28(14-11-18)26(30)20-5-8-24-22(15-20)23-16-27-12-9-25(23)29(24)17-19-3-6-21(7-4-19)33(2,31)32/h3-8,15,18,27H,9-14,16-17H2,1-2H3. The van der Waals surface area contributed by atoms with Gasteiger partial charge in [0.1, 0.15) is 0 Å². The number of nitrogens with zero attached hydrogens (tertiary/aromatic N) is 2. The van der Waals surface area contributed by atoms with Crippen molar-refractivity contribution < 1.29 is 13.2 Å². The van der Waals surface area contributed by atoms with Gasteiger partial charge in [-0.2, -0.15) is 0 Å². The lowest BCUT2D eigenvalue weighted by Gasteiger charge is -2.30. The van der Waals surface area contributed by atoms with E-state index in [1.54, 1.807) is 12.1 Å². The molecular formula is C26H31N3O3S. The number of sulfone groups is 1. The molecule has 1 aromatic heterocycles. The van der Waals surface area contributed by atoms with Crippen LogP contribution in [0.1, 0.15) is 46.9 Å². The smallest absolute Gasteiger partial charge is 0.253 e. The largest absolute Gasteiger partial charge is 0.340 e. The lowest BCUT2D eigenvalue weighted by atomic mass is 9.98. The van der Waals surface area contributed by atoms with E-state index in [1.807, 2.05) is 23.1 Å². The summed E-state index contributed by atoms with van der Waals surface area (Å²) in [7, 11) is -3.21. The Kier molecular flexibility index (Phi) is 5.79. The van der Waals surface area contributed by atoms with Gasteiger partial charge in [0.2, 0.25) is 0 Å². The van der Waals surface area contributed by atoms with E-state index in [0.29, 0.717) is 17.4 Å². The third-order valence-electron chi connectivity index (χ3n) is 7.14. The van der Waals surface area contributed by atoms with Crippen molar-refractivity contribution in [1.29, 1.82) is 0 Å². The van der Waals surface area contributed by atoms with Gasteiger partial charge in [-0.05, 0) is 60.2 Å². The molecule has 5 rings (SSSR count). The van der Waals surface area contributed by atoms with Crippen molar-refractivity contribution in [2.75, 3.05) is 25.9 Å². The third-order valence-corrected chi connectivity index (χ3v) is 8.27. The molecule has 7 heteroatoms. The van der Waals surface area contributed by atoms with Gasteiger partial charge in [0.15, 0.2) is 9.84 Å². The van der Waals surface area contributed by atoms with Crippen LogP contribution in [0.15, 0.2) is 47.4 Å². The number of piperidine rings is 1. The number of likely N-dealkylation sites (tertiary alicyclic amines) is 1. The average Bonchev–Trinajstić information content (AvgIpc) is 3.12. The number of aromatic nitrogens is 1. The molecule has 1 fully saturated rings. The fraction of sp³-hybridized carbons (Fsp3) is 0.423. The minimum absolute atomic E-state index is 0.130. The van der Waals surface area contributed by atoms with Crippen molar-refractivity contribution in [2.45, 2.75) is 44.2 Å². The summed E-state index contributed by atoms with van der Waals surface area (Å²) in [4.78, 5) is 15.5. The van der Waals surface area contributed by atoms with E-state index in [9.17, 15) is 13.2 Å². The second-order valence-corrected chi connectivity index (χ2v) is 11.6. The predicted molar refractivity (Wildman–Crippen MR) is 130 cm³/mol. The molecule has 1 amide bonds. The lowest BCUT2D eigenvalue weighted by Crippen LogP contribution is -2.37. The molecule has 6 nitrogen and oxygen atoms in total. The Hall–Kier alpha value is -2.64. The summed E-state index contributed by atoms with van der Waals surface area (Å²) < 4.78 is 25.9. The van der Waals surface area contributed by atoms with Crippen LogP contribution in [0.2, 0.25) is 0 Å². The number of carbonyl (C=O) groups excluding carboxylic acids is 1. The maximum atomic E-state index is 13.2. The van der Waals surface area contributed by atoms with Crippen LogP contribution in [-0.2, 0) is 29.3 Å². The normalized spacial score (nSPS) is 17.3. The molecule has 0 aliphatic carbocycles. The van der Waals surface area contributed by atoms with Crippen molar-refractivity contribution in [2.24, 2.45) is 5.92 Å². The highest BCUT2D eigenvalue weighted by Crippen LogP contribution is 2.31. The van der Waals surface area contributed by atoms with E-state index in [0.717, 1.165) is 67.5 Å². The van der Waals surface area contributed by atoms with Crippen molar-refractivity contribution >= 4 is 26.6 Å². The van der Waals surface area contributed by atoms with E-state index in [1.165, 1.54) is 17.5 Å². The topological polar surface area (TPSA) is 71.4 Å². The van der Waals surface area contributed by atoms with Crippen LogP contribution >= 0.6 is 0 Å². The van der Waals surface area contributed by atoms with Crippen molar-refractivity contribution in [1.82, 2.24) is 14.8 Å². The lowest BCUT2D eigenvalue weighted by molar-refractivity contribution is 0.0697. The zero-order valence-electron chi connectivity index (χ0n) is 19.3. The number of hydrogen-bond acceptors (Lipinski definition) is 4. The van der Waals surface area contributed by atoms with Crippen molar-refractivity contribution in [3.63, 3.8) is 0 Å². The molecule has 2 aliphatic heterocycles. The van der Waals surface area contributed by atoms with Gasteiger partial charge in [-0.3, -0.25) is 4.79 Å². The van der Waals surface area contributed by atoms with E-state index >= 15 is 0 Å². The minimum Gasteiger partial charge on any atom is -0.340 e. The minimum atomic E-state index is -3.21. The Morgan fingerprint density at radius 1 is 1.09 bits per heavy atom. The number of rotatable bonds is 4. The fourth-order valence-electron chi connectivity index (χ4n) is 5.11. The summed E-state index contributed by atoms with van der Waals surface area (Å²) in [5, 5.41) is 4.62. The summed E-state index contributed by atoms with van der Waals surface area (Å²) in [6, 6.07) is 13.3. The van der Waals surface area contributed by atoms with E-state index in [-0.39, 0.29) is 5.91 Å². The first-order valence-electron chi connectivity index (χ1n) is 11.7. The first-order chi connectivity index (χ1) is 15.8. The highest BCUT2D eigenvalue weighted by atomic mass is 32.2. The number of carbonyl (C=O) groups is 1. The van der Waals surface area contributed by atoms with Gasteiger partial charge < -0.3 is 14.8 Å². The van der Waals surface area contributed by atoms with E-state index in [2.05, 4.69) is 28.9 Å². The molecule has 1 saturated heterocycles. The van der Waals surface area contributed by atoms with Gasteiger partial charge in [0.25, 0.3) is 5.91 Å². The first-order valence-corrected chi connectivity index (χ1v) is 13.6. The SMILES string of the molecule is CC1CCN(C(=O)c2ccc3c(c2)c2c(n3Cc3ccc(S(C)(=O)=O)cc3)CCNC2)CC1. The van der Waals surface area contributed by atoms with Gasteiger partial charge in [0, 0.05) is 67.6 Å². The number of fused-ring (bicyclic) bond motifs is 3. The van der Waals surface area contributed by atoms with Crippen molar-refractivity contribution in [3.8, 4) is 0 Å². The predicted octanol–water partition coefficient (Wildman–Crippen LogP) is 3.61. The molecule has 174 valence electrons. The maximum Gasteiger partial charge on any atom is 0.253 e. The van der Waals surface area contributed by atoms with Gasteiger partial charge >= 0.3 is 0 Å². The Morgan fingerprint density at radius 3 is 2.52 bits per heavy atom. The molecule has 0 radical (unpaired) electrons. The molecule has 1 N–H and O–H groups in total. The second kappa shape index (κ2) is 8.61. The number of amides is 1. The van der Waals surface area contributed by atoms with Gasteiger partial charge in [-0.15, -0.1) is 0 Å². The molecular weight excluding hydrogens is 434 g/mol. The number of nitrogens with one attached hydrogen (secondary N) is 1. The number of hydrogen-bond donors (Lipinski definition) is 1. The molecule has 33 heavy (non-hydrogen) atoms.